The van der Waals surface area contributed by atoms with Crippen LogP contribution < -0.4 is 4.74 Å². The topological polar surface area (TPSA) is 59.7 Å². The standard InChI is InChI=1S/C13H12O4/c1-8(14)3-4-9-5-6-11-10(7-9)12(16-2)13(15)17-11/h3-7,15H,1-2H3/b4-3+. The number of carbonyl (C=O) groups is 1. The van der Waals surface area contributed by atoms with Crippen LogP contribution in [0.4, 0.5) is 0 Å². The third kappa shape index (κ3) is 2.15. The smallest absolute Gasteiger partial charge is 0.327 e. The molecule has 17 heavy (non-hydrogen) atoms. The molecule has 0 saturated heterocycles. The van der Waals surface area contributed by atoms with Gasteiger partial charge >= 0.3 is 5.95 Å². The van der Waals surface area contributed by atoms with Crippen LogP contribution in [0.1, 0.15) is 12.5 Å². The summed E-state index contributed by atoms with van der Waals surface area (Å²) in [5.41, 5.74) is 1.38. The van der Waals surface area contributed by atoms with E-state index in [1.165, 1.54) is 20.1 Å². The highest BCUT2D eigenvalue weighted by Crippen LogP contribution is 2.38. The Kier molecular flexibility index (Phi) is 2.87. The Labute approximate surface area is 98.1 Å². The molecule has 0 amide bonds. The summed E-state index contributed by atoms with van der Waals surface area (Å²) < 4.78 is 10.2. The normalized spacial score (nSPS) is 11.2. The highest BCUT2D eigenvalue weighted by molar-refractivity contribution is 5.93. The predicted molar refractivity (Wildman–Crippen MR) is 64.1 cm³/mol. The molecular weight excluding hydrogens is 220 g/mol. The van der Waals surface area contributed by atoms with Gasteiger partial charge in [-0.25, -0.2) is 0 Å². The number of allylic oxidation sites excluding steroid dienone is 1. The molecule has 0 spiro atoms. The quantitative estimate of drug-likeness (QED) is 0.826. The molecule has 4 nitrogen and oxygen atoms in total. The Hall–Kier alpha value is -2.23. The van der Waals surface area contributed by atoms with Crippen molar-refractivity contribution in [3.05, 3.63) is 29.8 Å². The molecule has 0 aliphatic heterocycles. The lowest BCUT2D eigenvalue weighted by Gasteiger charge is -1.96. The van der Waals surface area contributed by atoms with Crippen LogP contribution in [0, 0.1) is 0 Å². The first-order valence-electron chi connectivity index (χ1n) is 5.10. The molecule has 2 aromatic rings. The van der Waals surface area contributed by atoms with Gasteiger partial charge in [0.2, 0.25) is 5.75 Å². The van der Waals surface area contributed by atoms with Gasteiger partial charge in [0.1, 0.15) is 5.58 Å². The molecule has 0 saturated carbocycles. The first-order valence-corrected chi connectivity index (χ1v) is 5.10. The number of fused-ring (bicyclic) bond motifs is 1. The number of ketones is 1. The Bertz CT molecular complexity index is 593. The van der Waals surface area contributed by atoms with Crippen molar-refractivity contribution < 1.29 is 19.1 Å². The Morgan fingerprint density at radius 2 is 2.24 bits per heavy atom. The minimum Gasteiger partial charge on any atom is -0.489 e. The van der Waals surface area contributed by atoms with Crippen LogP contribution >= 0.6 is 0 Å². The lowest BCUT2D eigenvalue weighted by molar-refractivity contribution is -0.112. The van der Waals surface area contributed by atoms with Crippen molar-refractivity contribution in [3.63, 3.8) is 0 Å². The van der Waals surface area contributed by atoms with Gasteiger partial charge in [0, 0.05) is 0 Å². The maximum absolute atomic E-state index is 10.8. The van der Waals surface area contributed by atoms with Crippen LogP contribution in [-0.4, -0.2) is 18.0 Å². The summed E-state index contributed by atoms with van der Waals surface area (Å²) in [5.74, 6) is 0.0420. The number of hydrogen-bond acceptors (Lipinski definition) is 4. The summed E-state index contributed by atoms with van der Waals surface area (Å²) in [6.45, 7) is 1.49. The molecule has 0 fully saturated rings. The molecule has 4 heteroatoms. The molecule has 2 rings (SSSR count). The van der Waals surface area contributed by atoms with Crippen molar-refractivity contribution in [1.29, 1.82) is 0 Å². The molecule has 1 aromatic heterocycles. The van der Waals surface area contributed by atoms with Gasteiger partial charge in [-0.05, 0) is 30.7 Å². The molecule has 0 aliphatic rings. The number of methoxy groups -OCH3 is 1. The predicted octanol–water partition coefficient (Wildman–Crippen LogP) is 2.75. The summed E-state index contributed by atoms with van der Waals surface area (Å²) in [6.07, 6.45) is 3.18. The van der Waals surface area contributed by atoms with Crippen LogP contribution in [0.5, 0.6) is 11.7 Å². The van der Waals surface area contributed by atoms with E-state index in [1.54, 1.807) is 24.3 Å². The third-order valence-corrected chi connectivity index (χ3v) is 2.36. The average Bonchev–Trinajstić information content (AvgIpc) is 2.61. The molecule has 0 radical (unpaired) electrons. The van der Waals surface area contributed by atoms with E-state index in [2.05, 4.69) is 0 Å². The van der Waals surface area contributed by atoms with E-state index in [-0.39, 0.29) is 11.7 Å². The summed E-state index contributed by atoms with van der Waals surface area (Å²) >= 11 is 0. The van der Waals surface area contributed by atoms with E-state index in [4.69, 9.17) is 9.15 Å². The zero-order valence-corrected chi connectivity index (χ0v) is 9.56. The summed E-state index contributed by atoms with van der Waals surface area (Å²) in [6, 6.07) is 5.30. The average molecular weight is 232 g/mol. The fourth-order valence-electron chi connectivity index (χ4n) is 1.59. The number of aromatic hydroxyl groups is 1. The number of hydrogen-bond donors (Lipinski definition) is 1. The van der Waals surface area contributed by atoms with Crippen molar-refractivity contribution in [3.8, 4) is 11.7 Å². The largest absolute Gasteiger partial charge is 0.489 e. The van der Waals surface area contributed by atoms with Gasteiger partial charge in [0.05, 0.1) is 12.5 Å². The molecule has 0 unspecified atom stereocenters. The number of ether oxygens (including phenoxy) is 1. The van der Waals surface area contributed by atoms with Crippen LogP contribution in [0.15, 0.2) is 28.7 Å². The highest BCUT2D eigenvalue weighted by atomic mass is 16.5. The zero-order chi connectivity index (χ0) is 12.4. The Morgan fingerprint density at radius 1 is 1.47 bits per heavy atom. The van der Waals surface area contributed by atoms with Crippen LogP contribution in [0.25, 0.3) is 17.0 Å². The van der Waals surface area contributed by atoms with E-state index in [9.17, 15) is 9.90 Å². The van der Waals surface area contributed by atoms with Crippen molar-refractivity contribution in [2.75, 3.05) is 7.11 Å². The van der Waals surface area contributed by atoms with Gasteiger partial charge in [0.15, 0.2) is 5.78 Å². The zero-order valence-electron chi connectivity index (χ0n) is 9.56. The minimum absolute atomic E-state index is 0.0212. The monoisotopic (exact) mass is 232 g/mol. The van der Waals surface area contributed by atoms with Gasteiger partial charge in [-0.3, -0.25) is 4.79 Å². The lowest BCUT2D eigenvalue weighted by atomic mass is 10.1. The van der Waals surface area contributed by atoms with E-state index in [1.807, 2.05) is 0 Å². The van der Waals surface area contributed by atoms with Crippen LogP contribution in [-0.2, 0) is 4.79 Å². The molecule has 0 bridgehead atoms. The number of rotatable bonds is 3. The Balaban J connectivity index is 2.52. The van der Waals surface area contributed by atoms with Crippen molar-refractivity contribution in [2.24, 2.45) is 0 Å². The van der Waals surface area contributed by atoms with Crippen molar-refractivity contribution in [1.82, 2.24) is 0 Å². The highest BCUT2D eigenvalue weighted by Gasteiger charge is 2.13. The van der Waals surface area contributed by atoms with Gasteiger partial charge in [-0.15, -0.1) is 0 Å². The molecular formula is C13H12O4. The molecule has 1 aromatic carbocycles. The van der Waals surface area contributed by atoms with Crippen LogP contribution in [0.2, 0.25) is 0 Å². The molecule has 1 N–H and O–H groups in total. The molecule has 1 heterocycles. The summed E-state index contributed by atoms with van der Waals surface area (Å²) in [7, 11) is 1.46. The summed E-state index contributed by atoms with van der Waals surface area (Å²) in [4.78, 5) is 10.8. The first-order chi connectivity index (χ1) is 8.11. The van der Waals surface area contributed by atoms with E-state index >= 15 is 0 Å². The maximum atomic E-state index is 10.8. The van der Waals surface area contributed by atoms with Gasteiger partial charge < -0.3 is 14.3 Å². The third-order valence-electron chi connectivity index (χ3n) is 2.36. The Morgan fingerprint density at radius 3 is 2.88 bits per heavy atom. The fourth-order valence-corrected chi connectivity index (χ4v) is 1.59. The fraction of sp³-hybridized carbons (Fsp3) is 0.154. The van der Waals surface area contributed by atoms with E-state index in [0.717, 1.165) is 5.56 Å². The SMILES string of the molecule is COc1c(O)oc2ccc(/C=C/C(C)=O)cc12. The van der Waals surface area contributed by atoms with Crippen LogP contribution in [0.3, 0.4) is 0 Å². The first kappa shape index (κ1) is 11.3. The molecule has 0 atom stereocenters. The maximum Gasteiger partial charge on any atom is 0.327 e. The number of furan rings is 1. The minimum atomic E-state index is -0.241. The van der Waals surface area contributed by atoms with Crippen molar-refractivity contribution >= 4 is 22.8 Å². The van der Waals surface area contributed by atoms with E-state index < -0.39 is 0 Å². The van der Waals surface area contributed by atoms with E-state index in [0.29, 0.717) is 16.7 Å². The van der Waals surface area contributed by atoms with Gasteiger partial charge in [-0.2, -0.15) is 0 Å². The van der Waals surface area contributed by atoms with Gasteiger partial charge in [-0.1, -0.05) is 12.1 Å². The summed E-state index contributed by atoms with van der Waals surface area (Å²) in [5, 5.41) is 10.2. The lowest BCUT2D eigenvalue weighted by Crippen LogP contribution is -1.82. The second-order valence-electron chi connectivity index (χ2n) is 3.64. The van der Waals surface area contributed by atoms with Gasteiger partial charge in [0.25, 0.3) is 0 Å². The second-order valence-corrected chi connectivity index (χ2v) is 3.64. The molecule has 0 aliphatic carbocycles. The second kappa shape index (κ2) is 4.33. The number of carbonyl (C=O) groups excluding carboxylic acids is 1. The number of benzene rings is 1. The van der Waals surface area contributed by atoms with Crippen molar-refractivity contribution in [2.45, 2.75) is 6.92 Å². The molecule has 88 valence electrons.